The van der Waals surface area contributed by atoms with Crippen molar-refractivity contribution in [2.45, 2.75) is 51.6 Å². The van der Waals surface area contributed by atoms with Gasteiger partial charge in [-0.05, 0) is 51.3 Å². The number of nitrogens with one attached hydrogen (secondary N) is 1. The Morgan fingerprint density at radius 2 is 1.96 bits per heavy atom. The number of imide groups is 2. The van der Waals surface area contributed by atoms with Gasteiger partial charge in [0.1, 0.15) is 0 Å². The first-order valence-corrected chi connectivity index (χ1v) is 9.30. The van der Waals surface area contributed by atoms with Gasteiger partial charge in [-0.15, -0.1) is 0 Å². The van der Waals surface area contributed by atoms with E-state index in [0.29, 0.717) is 5.02 Å². The standard InChI is InChI=1S/C19H22ClN3O3/c1-18(2,3)23-16(25)19(15(24)21-17(23)26)10-11-12(20)6-4-7-13(11)22-9-5-8-14(19)22/h4,6-7,14H,5,8-10H2,1-3H3,(H,21,24,26)/t14-,19+/m1/s1. The molecule has 0 aromatic heterocycles. The maximum absolute atomic E-state index is 13.6. The monoisotopic (exact) mass is 375 g/mol. The predicted molar refractivity (Wildman–Crippen MR) is 98.1 cm³/mol. The van der Waals surface area contributed by atoms with E-state index in [9.17, 15) is 14.4 Å². The van der Waals surface area contributed by atoms with Crippen LogP contribution in [0.1, 0.15) is 39.2 Å². The van der Waals surface area contributed by atoms with Gasteiger partial charge >= 0.3 is 6.03 Å². The number of carbonyl (C=O) groups is 3. The van der Waals surface area contributed by atoms with Crippen LogP contribution >= 0.6 is 11.6 Å². The fourth-order valence-corrected chi connectivity index (χ4v) is 4.90. The lowest BCUT2D eigenvalue weighted by Crippen LogP contribution is -2.73. The van der Waals surface area contributed by atoms with Crippen molar-refractivity contribution in [3.8, 4) is 0 Å². The third kappa shape index (κ3) is 2.14. The average Bonchev–Trinajstić information content (AvgIpc) is 3.02. The minimum absolute atomic E-state index is 0.216. The van der Waals surface area contributed by atoms with Crippen molar-refractivity contribution in [3.05, 3.63) is 28.8 Å². The van der Waals surface area contributed by atoms with Gasteiger partial charge in [0, 0.05) is 29.2 Å². The number of anilines is 1. The molecule has 2 atom stereocenters. The third-order valence-corrected chi connectivity index (χ3v) is 6.12. The number of halogens is 1. The summed E-state index contributed by atoms with van der Waals surface area (Å²) in [7, 11) is 0. The first kappa shape index (κ1) is 17.3. The van der Waals surface area contributed by atoms with Crippen LogP contribution in [0.15, 0.2) is 18.2 Å². The predicted octanol–water partition coefficient (Wildman–Crippen LogP) is 2.73. The Morgan fingerprint density at radius 1 is 1.23 bits per heavy atom. The SMILES string of the molecule is CC(C)(C)N1C(=O)NC(=O)[C@@]2(Cc3c(Cl)cccc3N3CCC[C@@H]32)C1=O. The van der Waals surface area contributed by atoms with E-state index in [1.165, 1.54) is 4.90 Å². The molecular weight excluding hydrogens is 354 g/mol. The molecule has 0 aliphatic carbocycles. The van der Waals surface area contributed by atoms with E-state index in [2.05, 4.69) is 10.2 Å². The number of amides is 4. The van der Waals surface area contributed by atoms with E-state index in [1.807, 2.05) is 12.1 Å². The van der Waals surface area contributed by atoms with Crippen LogP contribution in [0.4, 0.5) is 10.5 Å². The highest BCUT2D eigenvalue weighted by Crippen LogP contribution is 2.50. The first-order chi connectivity index (χ1) is 12.2. The smallest absolute Gasteiger partial charge is 0.331 e. The molecule has 3 aliphatic heterocycles. The molecule has 138 valence electrons. The second-order valence-corrected chi connectivity index (χ2v) is 8.71. The van der Waals surface area contributed by atoms with Gasteiger partial charge < -0.3 is 4.90 Å². The van der Waals surface area contributed by atoms with Crippen molar-refractivity contribution in [2.24, 2.45) is 5.41 Å². The molecule has 4 rings (SSSR count). The normalized spacial score (nSPS) is 28.3. The van der Waals surface area contributed by atoms with Crippen molar-refractivity contribution >= 4 is 35.1 Å². The van der Waals surface area contributed by atoms with Crippen LogP contribution in [0.2, 0.25) is 5.02 Å². The van der Waals surface area contributed by atoms with E-state index < -0.39 is 28.8 Å². The molecule has 3 heterocycles. The summed E-state index contributed by atoms with van der Waals surface area (Å²) in [5.74, 6) is -0.920. The lowest BCUT2D eigenvalue weighted by Gasteiger charge is -2.51. The maximum Gasteiger partial charge on any atom is 0.331 e. The number of benzene rings is 1. The van der Waals surface area contributed by atoms with Crippen LogP contribution in [0, 0.1) is 5.41 Å². The fraction of sp³-hybridized carbons (Fsp3) is 0.526. The van der Waals surface area contributed by atoms with Gasteiger partial charge in [-0.2, -0.15) is 0 Å². The summed E-state index contributed by atoms with van der Waals surface area (Å²) in [5.41, 5.74) is -0.251. The van der Waals surface area contributed by atoms with Crippen LogP contribution in [0.3, 0.4) is 0 Å². The van der Waals surface area contributed by atoms with Gasteiger partial charge in [-0.1, -0.05) is 17.7 Å². The van der Waals surface area contributed by atoms with E-state index in [4.69, 9.17) is 11.6 Å². The minimum Gasteiger partial charge on any atom is -0.367 e. The Bertz CT molecular complexity index is 832. The molecule has 0 radical (unpaired) electrons. The Kier molecular flexibility index (Phi) is 3.64. The highest BCUT2D eigenvalue weighted by molar-refractivity contribution is 6.32. The van der Waals surface area contributed by atoms with Crippen molar-refractivity contribution in [2.75, 3.05) is 11.4 Å². The second kappa shape index (κ2) is 5.46. The van der Waals surface area contributed by atoms with Crippen LogP contribution in [-0.2, 0) is 16.0 Å². The third-order valence-electron chi connectivity index (χ3n) is 5.77. The van der Waals surface area contributed by atoms with Crippen LogP contribution in [-0.4, -0.2) is 40.9 Å². The zero-order chi connectivity index (χ0) is 18.9. The number of fused-ring (bicyclic) bond motifs is 4. The summed E-state index contributed by atoms with van der Waals surface area (Å²) in [6, 6.07) is 4.75. The molecule has 0 unspecified atom stereocenters. The second-order valence-electron chi connectivity index (χ2n) is 8.31. The lowest BCUT2D eigenvalue weighted by atomic mass is 9.68. The molecule has 0 saturated carbocycles. The largest absolute Gasteiger partial charge is 0.367 e. The summed E-state index contributed by atoms with van der Waals surface area (Å²) >= 11 is 6.44. The number of nitrogens with zero attached hydrogens (tertiary/aromatic N) is 2. The molecule has 26 heavy (non-hydrogen) atoms. The first-order valence-electron chi connectivity index (χ1n) is 8.92. The molecule has 6 nitrogen and oxygen atoms in total. The van der Waals surface area contributed by atoms with Crippen molar-refractivity contribution in [1.82, 2.24) is 10.2 Å². The summed E-state index contributed by atoms with van der Waals surface area (Å²) in [4.78, 5) is 42.4. The molecule has 1 aromatic rings. The van der Waals surface area contributed by atoms with Gasteiger partial charge in [0.25, 0.3) is 0 Å². The van der Waals surface area contributed by atoms with Gasteiger partial charge in [0.05, 0.1) is 6.04 Å². The highest BCUT2D eigenvalue weighted by atomic mass is 35.5. The van der Waals surface area contributed by atoms with Gasteiger partial charge in [-0.25, -0.2) is 4.79 Å². The Hall–Kier alpha value is -2.08. The summed E-state index contributed by atoms with van der Waals surface area (Å²) in [6.07, 6.45) is 1.84. The molecule has 4 amide bonds. The fourth-order valence-electron chi connectivity index (χ4n) is 4.67. The molecule has 0 bridgehead atoms. The number of rotatable bonds is 0. The molecule has 1 N–H and O–H groups in total. The summed E-state index contributed by atoms with van der Waals surface area (Å²) in [5, 5.41) is 3.00. The van der Waals surface area contributed by atoms with E-state index in [-0.39, 0.29) is 12.5 Å². The van der Waals surface area contributed by atoms with Crippen LogP contribution in [0.25, 0.3) is 0 Å². The van der Waals surface area contributed by atoms with Crippen LogP contribution < -0.4 is 10.2 Å². The number of hydrogen-bond donors (Lipinski definition) is 1. The van der Waals surface area contributed by atoms with E-state index in [0.717, 1.165) is 30.6 Å². The number of carbonyl (C=O) groups excluding carboxylic acids is 3. The zero-order valence-electron chi connectivity index (χ0n) is 15.1. The van der Waals surface area contributed by atoms with E-state index >= 15 is 0 Å². The molecule has 1 aromatic carbocycles. The maximum atomic E-state index is 13.6. The molecule has 2 fully saturated rings. The Balaban J connectivity index is 1.91. The quantitative estimate of drug-likeness (QED) is 0.708. The molecule has 1 spiro atoms. The molecule has 3 aliphatic rings. The zero-order valence-corrected chi connectivity index (χ0v) is 15.9. The van der Waals surface area contributed by atoms with Gasteiger partial charge in [-0.3, -0.25) is 19.8 Å². The lowest BCUT2D eigenvalue weighted by molar-refractivity contribution is -0.156. The van der Waals surface area contributed by atoms with Crippen molar-refractivity contribution in [1.29, 1.82) is 0 Å². The topological polar surface area (TPSA) is 69.7 Å². The van der Waals surface area contributed by atoms with Crippen molar-refractivity contribution < 1.29 is 14.4 Å². The van der Waals surface area contributed by atoms with E-state index in [1.54, 1.807) is 26.8 Å². The molecular formula is C19H22ClN3O3. The number of urea groups is 1. The van der Waals surface area contributed by atoms with Crippen molar-refractivity contribution in [3.63, 3.8) is 0 Å². The number of hydrogen-bond acceptors (Lipinski definition) is 4. The number of barbiturate groups is 1. The van der Waals surface area contributed by atoms with Crippen LogP contribution in [0.5, 0.6) is 0 Å². The molecule has 2 saturated heterocycles. The Labute approximate surface area is 157 Å². The minimum atomic E-state index is -1.32. The summed E-state index contributed by atoms with van der Waals surface area (Å²) < 4.78 is 0. The average molecular weight is 376 g/mol. The van der Waals surface area contributed by atoms with Gasteiger partial charge in [0.2, 0.25) is 11.8 Å². The molecule has 7 heteroatoms. The van der Waals surface area contributed by atoms with Gasteiger partial charge in [0.15, 0.2) is 5.41 Å². The summed E-state index contributed by atoms with van der Waals surface area (Å²) in [6.45, 7) is 6.15. The Morgan fingerprint density at radius 3 is 2.65 bits per heavy atom. The highest BCUT2D eigenvalue weighted by Gasteiger charge is 2.64.